The second kappa shape index (κ2) is 3.65. The monoisotopic (exact) mass is 263 g/mol. The lowest BCUT2D eigenvalue weighted by molar-refractivity contribution is 1.31. The Morgan fingerprint density at radius 1 is 1.29 bits per heavy atom. The summed E-state index contributed by atoms with van der Waals surface area (Å²) in [7, 11) is 0. The van der Waals surface area contributed by atoms with Crippen molar-refractivity contribution < 1.29 is 0 Å². The molecule has 17 heavy (non-hydrogen) atoms. The van der Waals surface area contributed by atoms with Crippen molar-refractivity contribution in [3.05, 3.63) is 39.8 Å². The van der Waals surface area contributed by atoms with Crippen LogP contribution < -0.4 is 11.3 Å². The van der Waals surface area contributed by atoms with Crippen LogP contribution in [0.2, 0.25) is 5.02 Å². The van der Waals surface area contributed by atoms with Gasteiger partial charge in [0, 0.05) is 16.6 Å². The van der Waals surface area contributed by atoms with Crippen molar-refractivity contribution in [3.63, 3.8) is 0 Å². The molecule has 0 aliphatic carbocycles. The average molecular weight is 264 g/mol. The van der Waals surface area contributed by atoms with Crippen LogP contribution in [-0.2, 0) is 0 Å². The number of aromatic nitrogens is 2. The van der Waals surface area contributed by atoms with E-state index in [-0.39, 0.29) is 10.7 Å². The lowest BCUT2D eigenvalue weighted by atomic mass is 10.2. The summed E-state index contributed by atoms with van der Waals surface area (Å²) in [6.45, 7) is 0. The number of fused-ring (bicyclic) bond motifs is 3. The molecule has 4 nitrogen and oxygen atoms in total. The number of nitrogen functional groups attached to an aromatic ring is 1. The van der Waals surface area contributed by atoms with E-state index in [4.69, 9.17) is 17.3 Å². The second-order valence-corrected chi connectivity index (χ2v) is 4.99. The fourth-order valence-corrected chi connectivity index (χ4v) is 2.72. The molecule has 0 unspecified atom stereocenters. The van der Waals surface area contributed by atoms with Gasteiger partial charge in [0.05, 0.1) is 15.6 Å². The zero-order valence-electron chi connectivity index (χ0n) is 8.48. The summed E-state index contributed by atoms with van der Waals surface area (Å²) in [6.07, 6.45) is 1.52. The van der Waals surface area contributed by atoms with Crippen molar-refractivity contribution in [2.24, 2.45) is 0 Å². The van der Waals surface area contributed by atoms with E-state index in [9.17, 15) is 4.79 Å². The van der Waals surface area contributed by atoms with Gasteiger partial charge in [0.25, 0.3) is 5.56 Å². The third kappa shape index (κ3) is 1.64. The Morgan fingerprint density at radius 2 is 2.12 bits per heavy atom. The topological polar surface area (TPSA) is 68.9 Å². The molecule has 2 N–H and O–H groups in total. The molecule has 0 radical (unpaired) electrons. The first-order valence-electron chi connectivity index (χ1n) is 4.80. The number of halogens is 1. The third-order valence-electron chi connectivity index (χ3n) is 2.43. The molecule has 0 aliphatic heterocycles. The van der Waals surface area contributed by atoms with E-state index < -0.39 is 0 Å². The normalized spacial score (nSPS) is 11.1. The van der Waals surface area contributed by atoms with Crippen molar-refractivity contribution in [2.45, 2.75) is 0 Å². The number of anilines is 1. The lowest BCUT2D eigenvalue weighted by Crippen LogP contribution is -2.07. The fraction of sp³-hybridized carbons (Fsp3) is 0. The first-order chi connectivity index (χ1) is 8.15. The number of nitrogens with two attached hydrogens (primary N) is 1. The smallest absolute Gasteiger partial charge is 0.282 e. The molecule has 3 rings (SSSR count). The maximum Gasteiger partial charge on any atom is 0.282 e. The molecule has 0 saturated heterocycles. The van der Waals surface area contributed by atoms with E-state index in [2.05, 4.69) is 9.97 Å². The molecule has 0 amide bonds. The van der Waals surface area contributed by atoms with Gasteiger partial charge in [-0.15, -0.1) is 0 Å². The Morgan fingerprint density at radius 3 is 2.94 bits per heavy atom. The van der Waals surface area contributed by atoms with Gasteiger partial charge >= 0.3 is 0 Å². The number of hydrogen-bond donors (Lipinski definition) is 1. The maximum absolute atomic E-state index is 11.7. The third-order valence-corrected chi connectivity index (χ3v) is 3.61. The highest BCUT2D eigenvalue weighted by atomic mass is 35.5. The zero-order valence-corrected chi connectivity index (χ0v) is 10.0. The van der Waals surface area contributed by atoms with E-state index in [1.165, 1.54) is 17.5 Å². The van der Waals surface area contributed by atoms with Gasteiger partial charge in [-0.2, -0.15) is 4.98 Å². The molecule has 0 fully saturated rings. The summed E-state index contributed by atoms with van der Waals surface area (Å²) in [5.74, 6) is 0. The molecule has 6 heteroatoms. The Kier molecular flexibility index (Phi) is 2.24. The van der Waals surface area contributed by atoms with E-state index in [1.54, 1.807) is 12.1 Å². The summed E-state index contributed by atoms with van der Waals surface area (Å²) in [5, 5.41) is 2.14. The first kappa shape index (κ1) is 10.4. The predicted molar refractivity (Wildman–Crippen MR) is 70.6 cm³/mol. The standard InChI is InChI=1S/C11H6ClN3OS/c12-5-1-2-8-6(3-5)9-7(4-14-8)10(16)15-11(13)17-9/h1-4H,(H2,13,15,16). The summed E-state index contributed by atoms with van der Waals surface area (Å²) in [5.41, 5.74) is 6.03. The first-order valence-corrected chi connectivity index (χ1v) is 5.99. The zero-order chi connectivity index (χ0) is 12.0. The van der Waals surface area contributed by atoms with E-state index in [0.717, 1.165) is 15.6 Å². The van der Waals surface area contributed by atoms with Crippen LogP contribution in [0.4, 0.5) is 5.13 Å². The average Bonchev–Trinajstić information content (AvgIpc) is 2.28. The number of rotatable bonds is 0. The molecular weight excluding hydrogens is 258 g/mol. The minimum atomic E-state index is -0.356. The van der Waals surface area contributed by atoms with E-state index in [1.807, 2.05) is 6.07 Å². The Hall–Kier alpha value is -1.72. The van der Waals surface area contributed by atoms with Crippen molar-refractivity contribution in [1.82, 2.24) is 9.97 Å². The minimum Gasteiger partial charge on any atom is -0.375 e. The van der Waals surface area contributed by atoms with Gasteiger partial charge in [0.15, 0.2) is 5.13 Å². The Bertz CT molecular complexity index is 800. The van der Waals surface area contributed by atoms with Crippen LogP contribution in [0.15, 0.2) is 29.2 Å². The van der Waals surface area contributed by atoms with Crippen molar-refractivity contribution in [3.8, 4) is 0 Å². The molecule has 0 aliphatic rings. The number of nitrogens with zero attached hydrogens (tertiary/aromatic N) is 2. The van der Waals surface area contributed by atoms with Crippen molar-refractivity contribution in [1.29, 1.82) is 0 Å². The van der Waals surface area contributed by atoms with Crippen LogP contribution in [0.1, 0.15) is 0 Å². The number of pyridine rings is 1. The van der Waals surface area contributed by atoms with Crippen molar-refractivity contribution >= 4 is 49.1 Å². The molecule has 2 heterocycles. The summed E-state index contributed by atoms with van der Waals surface area (Å²) >= 11 is 7.21. The second-order valence-electron chi connectivity index (χ2n) is 3.52. The summed E-state index contributed by atoms with van der Waals surface area (Å²) in [4.78, 5) is 19.6. The van der Waals surface area contributed by atoms with Gasteiger partial charge in [-0.1, -0.05) is 22.9 Å². The number of hydrogen-bond acceptors (Lipinski definition) is 5. The largest absolute Gasteiger partial charge is 0.375 e. The molecule has 0 atom stereocenters. The summed E-state index contributed by atoms with van der Waals surface area (Å²) < 4.78 is 0.773. The Labute approximate surface area is 105 Å². The highest BCUT2D eigenvalue weighted by molar-refractivity contribution is 7.22. The van der Waals surface area contributed by atoms with Gasteiger partial charge in [-0.05, 0) is 18.2 Å². The SMILES string of the molecule is Nc1nc(=O)c2cnc3ccc(Cl)cc3c2s1. The fourth-order valence-electron chi connectivity index (χ4n) is 1.69. The molecule has 3 aromatic rings. The number of benzene rings is 1. The molecule has 0 spiro atoms. The van der Waals surface area contributed by atoms with Crippen LogP contribution in [0.5, 0.6) is 0 Å². The molecular formula is C11H6ClN3OS. The van der Waals surface area contributed by atoms with E-state index >= 15 is 0 Å². The Balaban J connectivity index is 2.62. The molecule has 84 valence electrons. The molecule has 2 aromatic heterocycles. The molecule has 1 aromatic carbocycles. The minimum absolute atomic E-state index is 0.245. The highest BCUT2D eigenvalue weighted by Gasteiger charge is 2.08. The van der Waals surface area contributed by atoms with Crippen LogP contribution >= 0.6 is 22.9 Å². The molecule has 0 saturated carbocycles. The van der Waals surface area contributed by atoms with Crippen LogP contribution in [-0.4, -0.2) is 9.97 Å². The summed E-state index contributed by atoms with van der Waals surface area (Å²) in [6, 6.07) is 5.35. The van der Waals surface area contributed by atoms with Crippen LogP contribution in [0.25, 0.3) is 21.0 Å². The van der Waals surface area contributed by atoms with Gasteiger partial charge in [-0.25, -0.2) is 0 Å². The van der Waals surface area contributed by atoms with Crippen LogP contribution in [0.3, 0.4) is 0 Å². The van der Waals surface area contributed by atoms with Gasteiger partial charge in [0.2, 0.25) is 0 Å². The lowest BCUT2D eigenvalue weighted by Gasteiger charge is -2.02. The van der Waals surface area contributed by atoms with Gasteiger partial charge in [0.1, 0.15) is 0 Å². The van der Waals surface area contributed by atoms with Crippen LogP contribution in [0, 0.1) is 0 Å². The van der Waals surface area contributed by atoms with Gasteiger partial charge in [-0.3, -0.25) is 9.78 Å². The van der Waals surface area contributed by atoms with Crippen molar-refractivity contribution in [2.75, 3.05) is 5.73 Å². The van der Waals surface area contributed by atoms with Gasteiger partial charge < -0.3 is 5.73 Å². The van der Waals surface area contributed by atoms with E-state index in [0.29, 0.717) is 10.4 Å². The highest BCUT2D eigenvalue weighted by Crippen LogP contribution is 2.28. The quantitative estimate of drug-likeness (QED) is 0.633. The maximum atomic E-state index is 11.7. The predicted octanol–water partition coefficient (Wildman–Crippen LogP) is 2.44. The molecule has 0 bridgehead atoms.